The molecule has 0 amide bonds. The van der Waals surface area contributed by atoms with E-state index < -0.39 is 0 Å². The molecule has 0 radical (unpaired) electrons. The monoisotopic (exact) mass is 243 g/mol. The molecular formula is C13H10ClN3. The zero-order valence-corrected chi connectivity index (χ0v) is 9.78. The Kier molecular flexibility index (Phi) is 3.59. The normalized spacial score (nSPS) is 9.65. The van der Waals surface area contributed by atoms with Crippen LogP contribution in [0.15, 0.2) is 42.6 Å². The van der Waals surface area contributed by atoms with E-state index in [4.69, 9.17) is 16.9 Å². The van der Waals surface area contributed by atoms with Crippen molar-refractivity contribution in [1.82, 2.24) is 4.98 Å². The molecule has 1 aromatic carbocycles. The SMILES string of the molecule is N#Cc1cc(CNc2ccc(Cl)cc2)ccn1. The molecule has 0 aliphatic rings. The van der Waals surface area contributed by atoms with Crippen LogP contribution in [0.4, 0.5) is 5.69 Å². The van der Waals surface area contributed by atoms with Crippen molar-refractivity contribution in [2.24, 2.45) is 0 Å². The van der Waals surface area contributed by atoms with E-state index in [1.54, 1.807) is 12.3 Å². The molecule has 0 bridgehead atoms. The predicted molar refractivity (Wildman–Crippen MR) is 67.7 cm³/mol. The Hall–Kier alpha value is -2.05. The Morgan fingerprint density at radius 1 is 1.24 bits per heavy atom. The van der Waals surface area contributed by atoms with Gasteiger partial charge in [0.25, 0.3) is 0 Å². The van der Waals surface area contributed by atoms with Crippen LogP contribution in [0.5, 0.6) is 0 Å². The van der Waals surface area contributed by atoms with Gasteiger partial charge in [0.05, 0.1) is 0 Å². The van der Waals surface area contributed by atoms with Gasteiger partial charge < -0.3 is 5.32 Å². The maximum Gasteiger partial charge on any atom is 0.140 e. The lowest BCUT2D eigenvalue weighted by Crippen LogP contribution is -1.99. The van der Waals surface area contributed by atoms with Crippen molar-refractivity contribution in [2.45, 2.75) is 6.54 Å². The molecule has 4 heteroatoms. The summed E-state index contributed by atoms with van der Waals surface area (Å²) in [4.78, 5) is 3.92. The Balaban J connectivity index is 2.02. The van der Waals surface area contributed by atoms with Gasteiger partial charge in [-0.2, -0.15) is 5.26 Å². The van der Waals surface area contributed by atoms with Crippen molar-refractivity contribution >= 4 is 17.3 Å². The third-order valence-electron chi connectivity index (χ3n) is 2.28. The number of hydrogen-bond donors (Lipinski definition) is 1. The summed E-state index contributed by atoms with van der Waals surface area (Å²) in [5, 5.41) is 12.7. The van der Waals surface area contributed by atoms with E-state index in [9.17, 15) is 0 Å². The molecule has 0 unspecified atom stereocenters. The van der Waals surface area contributed by atoms with E-state index >= 15 is 0 Å². The Labute approximate surface area is 105 Å². The van der Waals surface area contributed by atoms with Crippen molar-refractivity contribution in [2.75, 3.05) is 5.32 Å². The number of nitrogens with one attached hydrogen (secondary N) is 1. The van der Waals surface area contributed by atoms with Gasteiger partial charge in [0.15, 0.2) is 0 Å². The highest BCUT2D eigenvalue weighted by Gasteiger charge is 1.97. The molecule has 0 aliphatic heterocycles. The molecule has 17 heavy (non-hydrogen) atoms. The number of nitriles is 1. The third-order valence-corrected chi connectivity index (χ3v) is 2.53. The molecule has 2 rings (SSSR count). The average Bonchev–Trinajstić information content (AvgIpc) is 2.38. The highest BCUT2D eigenvalue weighted by atomic mass is 35.5. The van der Waals surface area contributed by atoms with E-state index in [-0.39, 0.29) is 0 Å². The van der Waals surface area contributed by atoms with Crippen molar-refractivity contribution in [3.05, 3.63) is 58.9 Å². The topological polar surface area (TPSA) is 48.7 Å². The second kappa shape index (κ2) is 5.33. The fourth-order valence-corrected chi connectivity index (χ4v) is 1.54. The maximum atomic E-state index is 8.73. The zero-order valence-electron chi connectivity index (χ0n) is 9.02. The first-order valence-electron chi connectivity index (χ1n) is 5.12. The van der Waals surface area contributed by atoms with Crippen molar-refractivity contribution < 1.29 is 0 Å². The minimum atomic E-state index is 0.431. The molecule has 0 fully saturated rings. The first-order chi connectivity index (χ1) is 8.28. The van der Waals surface area contributed by atoms with Crippen molar-refractivity contribution in [3.63, 3.8) is 0 Å². The maximum absolute atomic E-state index is 8.73. The summed E-state index contributed by atoms with van der Waals surface area (Å²) in [5.41, 5.74) is 2.44. The van der Waals surface area contributed by atoms with Gasteiger partial charge >= 0.3 is 0 Å². The second-order valence-electron chi connectivity index (χ2n) is 3.52. The zero-order chi connectivity index (χ0) is 12.1. The van der Waals surface area contributed by atoms with E-state index in [0.717, 1.165) is 11.3 Å². The lowest BCUT2D eigenvalue weighted by Gasteiger charge is -2.06. The summed E-state index contributed by atoms with van der Waals surface area (Å²) in [7, 11) is 0. The Morgan fingerprint density at radius 3 is 2.71 bits per heavy atom. The van der Waals surface area contributed by atoms with Gasteiger partial charge in [0.1, 0.15) is 11.8 Å². The third kappa shape index (κ3) is 3.20. The number of hydrogen-bond acceptors (Lipinski definition) is 3. The molecule has 84 valence electrons. The van der Waals surface area contributed by atoms with Crippen LogP contribution in [0.25, 0.3) is 0 Å². The van der Waals surface area contributed by atoms with Crippen LogP contribution in [0.3, 0.4) is 0 Å². The van der Waals surface area contributed by atoms with Gasteiger partial charge in [-0.05, 0) is 42.0 Å². The van der Waals surface area contributed by atoms with Crippen LogP contribution in [0, 0.1) is 11.3 Å². The van der Waals surface area contributed by atoms with E-state index in [2.05, 4.69) is 10.3 Å². The van der Waals surface area contributed by atoms with Crippen LogP contribution in [-0.2, 0) is 6.54 Å². The number of anilines is 1. The van der Waals surface area contributed by atoms with Crippen LogP contribution >= 0.6 is 11.6 Å². The molecule has 0 spiro atoms. The molecule has 1 aromatic heterocycles. The van der Waals surface area contributed by atoms with E-state index in [1.165, 1.54) is 0 Å². The Morgan fingerprint density at radius 2 is 2.00 bits per heavy atom. The highest BCUT2D eigenvalue weighted by molar-refractivity contribution is 6.30. The van der Waals surface area contributed by atoms with Gasteiger partial charge in [-0.1, -0.05) is 11.6 Å². The Bertz CT molecular complexity index is 543. The van der Waals surface area contributed by atoms with Gasteiger partial charge in [-0.15, -0.1) is 0 Å². The molecule has 0 saturated heterocycles. The smallest absolute Gasteiger partial charge is 0.140 e. The molecular weight excluding hydrogens is 234 g/mol. The lowest BCUT2D eigenvalue weighted by molar-refractivity contribution is 1.12. The molecule has 0 atom stereocenters. The van der Waals surface area contributed by atoms with Crippen molar-refractivity contribution in [3.8, 4) is 6.07 Å². The first-order valence-corrected chi connectivity index (χ1v) is 5.50. The van der Waals surface area contributed by atoms with Gasteiger partial charge in [-0.25, -0.2) is 4.98 Å². The van der Waals surface area contributed by atoms with Gasteiger partial charge in [-0.3, -0.25) is 0 Å². The number of halogens is 1. The summed E-state index contributed by atoms with van der Waals surface area (Å²) in [5.74, 6) is 0. The van der Waals surface area contributed by atoms with Gasteiger partial charge in [0, 0.05) is 23.5 Å². The number of rotatable bonds is 3. The second-order valence-corrected chi connectivity index (χ2v) is 3.96. The van der Waals surface area contributed by atoms with E-state index in [1.807, 2.05) is 36.4 Å². The molecule has 2 aromatic rings. The summed E-state index contributed by atoms with van der Waals surface area (Å²) >= 11 is 5.80. The lowest BCUT2D eigenvalue weighted by atomic mass is 10.2. The quantitative estimate of drug-likeness (QED) is 0.901. The van der Waals surface area contributed by atoms with Crippen LogP contribution in [0.1, 0.15) is 11.3 Å². The van der Waals surface area contributed by atoms with Crippen molar-refractivity contribution in [1.29, 1.82) is 5.26 Å². The molecule has 1 heterocycles. The van der Waals surface area contributed by atoms with E-state index in [0.29, 0.717) is 17.3 Å². The highest BCUT2D eigenvalue weighted by Crippen LogP contribution is 2.14. The van der Waals surface area contributed by atoms with Crippen LogP contribution in [-0.4, -0.2) is 4.98 Å². The predicted octanol–water partition coefficient (Wildman–Crippen LogP) is 3.22. The number of benzene rings is 1. The summed E-state index contributed by atoms with van der Waals surface area (Å²) < 4.78 is 0. The van der Waals surface area contributed by atoms with Crippen LogP contribution in [0.2, 0.25) is 5.02 Å². The summed E-state index contributed by atoms with van der Waals surface area (Å²) in [6.07, 6.45) is 1.64. The number of nitrogens with zero attached hydrogens (tertiary/aromatic N) is 2. The minimum absolute atomic E-state index is 0.431. The average molecular weight is 244 g/mol. The fourth-order valence-electron chi connectivity index (χ4n) is 1.42. The standard InChI is InChI=1S/C13H10ClN3/c14-11-1-3-12(4-2-11)17-9-10-5-6-16-13(7-10)8-15/h1-7,17H,9H2. The summed E-state index contributed by atoms with van der Waals surface area (Å²) in [6.45, 7) is 0.652. The number of aromatic nitrogens is 1. The molecule has 3 nitrogen and oxygen atoms in total. The first kappa shape index (κ1) is 11.4. The van der Waals surface area contributed by atoms with Gasteiger partial charge in [0.2, 0.25) is 0 Å². The summed E-state index contributed by atoms with van der Waals surface area (Å²) in [6, 6.07) is 13.1. The molecule has 0 aliphatic carbocycles. The fraction of sp³-hybridized carbons (Fsp3) is 0.0769. The molecule has 1 N–H and O–H groups in total. The van der Waals surface area contributed by atoms with Crippen LogP contribution < -0.4 is 5.32 Å². The number of pyridine rings is 1. The largest absolute Gasteiger partial charge is 0.381 e. The molecule has 0 saturated carbocycles. The minimum Gasteiger partial charge on any atom is -0.381 e.